The van der Waals surface area contributed by atoms with E-state index in [4.69, 9.17) is 0 Å². The van der Waals surface area contributed by atoms with Gasteiger partial charge in [-0.1, -0.05) is 140 Å². The molecule has 0 aliphatic heterocycles. The second-order valence-corrected chi connectivity index (χ2v) is 17.2. The Morgan fingerprint density at radius 2 is 0.556 bits per heavy atom. The number of fused-ring (bicyclic) bond motifs is 18. The summed E-state index contributed by atoms with van der Waals surface area (Å²) in [6.07, 6.45) is 0. The van der Waals surface area contributed by atoms with Gasteiger partial charge < -0.3 is 13.5 Å². The highest BCUT2D eigenvalue weighted by atomic mass is 15.0. The van der Waals surface area contributed by atoms with Crippen molar-refractivity contribution in [1.29, 1.82) is 0 Å². The standard InChI is InChI=1S/C60H35N3/c1-2-15-42-40(13-1)41-14-3-4-16-43(41)49-33-38(27-28-44(42)49)61-54-21-9-5-17-45(54)50-31-36(25-29-58(50)61)37-26-30-59-51(32-37)46-18-6-10-22-55(46)62(59)39-34-52-47-19-7-11-23-56(47)63-57-24-12-8-20-48(57)53(35-39)60(52)63/h1-35H. The summed E-state index contributed by atoms with van der Waals surface area (Å²) in [5.74, 6) is 0. The number of hydrogen-bond acceptors (Lipinski definition) is 0. The maximum atomic E-state index is 2.48. The van der Waals surface area contributed by atoms with Crippen LogP contribution in [0.2, 0.25) is 0 Å². The third-order valence-electron chi connectivity index (χ3n) is 14.1. The first kappa shape index (κ1) is 33.3. The van der Waals surface area contributed by atoms with Crippen molar-refractivity contribution in [2.24, 2.45) is 0 Å². The van der Waals surface area contributed by atoms with E-state index in [1.165, 1.54) is 137 Å². The molecule has 0 aliphatic carbocycles. The van der Waals surface area contributed by atoms with Crippen molar-refractivity contribution >= 4 is 114 Å². The molecule has 11 aromatic carbocycles. The second-order valence-electron chi connectivity index (χ2n) is 17.2. The van der Waals surface area contributed by atoms with E-state index in [9.17, 15) is 0 Å². The van der Waals surface area contributed by atoms with Crippen LogP contribution < -0.4 is 0 Å². The van der Waals surface area contributed by atoms with Crippen molar-refractivity contribution in [3.05, 3.63) is 212 Å². The van der Waals surface area contributed by atoms with E-state index < -0.39 is 0 Å². The summed E-state index contributed by atoms with van der Waals surface area (Å²) in [6.45, 7) is 0. The molecule has 0 amide bonds. The van der Waals surface area contributed by atoms with E-state index in [1.54, 1.807) is 0 Å². The van der Waals surface area contributed by atoms with Crippen LogP contribution in [-0.2, 0) is 0 Å². The third-order valence-corrected chi connectivity index (χ3v) is 14.1. The Balaban J connectivity index is 0.922. The van der Waals surface area contributed by atoms with Crippen molar-refractivity contribution in [1.82, 2.24) is 13.5 Å². The summed E-state index contributed by atoms with van der Waals surface area (Å²) < 4.78 is 7.38. The first-order valence-electron chi connectivity index (χ1n) is 21.8. The smallest absolute Gasteiger partial charge is 0.0622 e. The fourth-order valence-electron chi connectivity index (χ4n) is 11.5. The van der Waals surface area contributed by atoms with Crippen molar-refractivity contribution in [2.45, 2.75) is 0 Å². The number of hydrogen-bond donors (Lipinski definition) is 0. The Kier molecular flexibility index (Phi) is 6.41. The van der Waals surface area contributed by atoms with Gasteiger partial charge >= 0.3 is 0 Å². The Morgan fingerprint density at radius 3 is 1.05 bits per heavy atom. The molecule has 0 atom stereocenters. The summed E-state index contributed by atoms with van der Waals surface area (Å²) in [6, 6.07) is 79.0. The van der Waals surface area contributed by atoms with E-state index in [0.29, 0.717) is 0 Å². The van der Waals surface area contributed by atoms with Crippen molar-refractivity contribution in [3.63, 3.8) is 0 Å². The van der Waals surface area contributed by atoms with Crippen LogP contribution >= 0.6 is 0 Å². The average Bonchev–Trinajstić information content (AvgIpc) is 4.08. The lowest BCUT2D eigenvalue weighted by Crippen LogP contribution is -1.94. The molecule has 15 rings (SSSR count). The third kappa shape index (κ3) is 4.38. The number of benzene rings is 11. The van der Waals surface area contributed by atoms with Crippen LogP contribution in [-0.4, -0.2) is 13.5 Å². The van der Waals surface area contributed by atoms with Gasteiger partial charge in [0.05, 0.1) is 38.6 Å². The number of aromatic nitrogens is 3. The molecule has 290 valence electrons. The van der Waals surface area contributed by atoms with E-state index in [0.717, 1.165) is 0 Å². The van der Waals surface area contributed by atoms with Crippen LogP contribution in [0.5, 0.6) is 0 Å². The van der Waals surface area contributed by atoms with Crippen LogP contribution in [0.15, 0.2) is 212 Å². The number of nitrogens with zero attached hydrogens (tertiary/aromatic N) is 3. The van der Waals surface area contributed by atoms with Gasteiger partial charge in [-0.3, -0.25) is 0 Å². The molecule has 3 heteroatoms. The second kappa shape index (κ2) is 12.1. The summed E-state index contributed by atoms with van der Waals surface area (Å²) in [5, 5.41) is 17.9. The van der Waals surface area contributed by atoms with Crippen LogP contribution in [0.1, 0.15) is 0 Å². The van der Waals surface area contributed by atoms with E-state index in [1.807, 2.05) is 0 Å². The largest absolute Gasteiger partial charge is 0.309 e. The fraction of sp³-hybridized carbons (Fsp3) is 0. The van der Waals surface area contributed by atoms with Crippen LogP contribution in [0, 0.1) is 0 Å². The van der Waals surface area contributed by atoms with Gasteiger partial charge in [0.2, 0.25) is 0 Å². The molecule has 0 saturated heterocycles. The van der Waals surface area contributed by atoms with Gasteiger partial charge in [-0.15, -0.1) is 0 Å². The summed E-state index contributed by atoms with van der Waals surface area (Å²) in [5.41, 5.74) is 13.4. The highest BCUT2D eigenvalue weighted by Crippen LogP contribution is 2.44. The maximum absolute atomic E-state index is 2.48. The van der Waals surface area contributed by atoms with E-state index in [2.05, 4.69) is 226 Å². The molecule has 0 radical (unpaired) electrons. The highest BCUT2D eigenvalue weighted by Gasteiger charge is 2.21. The van der Waals surface area contributed by atoms with Crippen molar-refractivity contribution < 1.29 is 0 Å². The molecule has 4 heterocycles. The molecule has 63 heavy (non-hydrogen) atoms. The maximum Gasteiger partial charge on any atom is 0.0622 e. The minimum atomic E-state index is 1.17. The normalized spacial score (nSPS) is 12.4. The minimum Gasteiger partial charge on any atom is -0.309 e. The van der Waals surface area contributed by atoms with E-state index >= 15 is 0 Å². The zero-order valence-corrected chi connectivity index (χ0v) is 34.0. The molecule has 0 N–H and O–H groups in total. The minimum absolute atomic E-state index is 1.17. The lowest BCUT2D eigenvalue weighted by atomic mass is 9.94. The van der Waals surface area contributed by atoms with Gasteiger partial charge in [0.15, 0.2) is 0 Å². The lowest BCUT2D eigenvalue weighted by Gasteiger charge is -2.14. The number of rotatable bonds is 3. The van der Waals surface area contributed by atoms with Gasteiger partial charge in [0.1, 0.15) is 0 Å². The van der Waals surface area contributed by atoms with Crippen LogP contribution in [0.25, 0.3) is 137 Å². The van der Waals surface area contributed by atoms with Gasteiger partial charge in [0.25, 0.3) is 0 Å². The molecule has 0 unspecified atom stereocenters. The van der Waals surface area contributed by atoms with Crippen molar-refractivity contribution in [3.8, 4) is 22.5 Å². The predicted octanol–water partition coefficient (Wildman–Crippen LogP) is 16.2. The molecule has 3 nitrogen and oxygen atoms in total. The first-order chi connectivity index (χ1) is 31.3. The van der Waals surface area contributed by atoms with Gasteiger partial charge in [-0.25, -0.2) is 0 Å². The van der Waals surface area contributed by atoms with Crippen molar-refractivity contribution in [2.75, 3.05) is 0 Å². The lowest BCUT2D eigenvalue weighted by molar-refractivity contribution is 1.19. The SMILES string of the molecule is c1ccc2c(c1)c1ccccc1c1cc(-n3c4ccccc4c4cc(-c5ccc6c(c5)c5ccccc5n6-c5cc6c7ccccc7n7c8ccccc8c(c5)c67)ccc43)ccc21. The Morgan fingerprint density at radius 1 is 0.206 bits per heavy atom. The summed E-state index contributed by atoms with van der Waals surface area (Å²) in [4.78, 5) is 0. The molecular formula is C60H35N3. The zero-order valence-electron chi connectivity index (χ0n) is 34.0. The summed E-state index contributed by atoms with van der Waals surface area (Å²) in [7, 11) is 0. The van der Waals surface area contributed by atoms with E-state index in [-0.39, 0.29) is 0 Å². The molecule has 0 fully saturated rings. The highest BCUT2D eigenvalue weighted by molar-refractivity contribution is 6.26. The number of para-hydroxylation sites is 4. The Labute approximate surface area is 360 Å². The Bertz CT molecular complexity index is 4320. The molecule has 0 bridgehead atoms. The molecule has 0 aliphatic rings. The monoisotopic (exact) mass is 797 g/mol. The average molecular weight is 798 g/mol. The fourth-order valence-corrected chi connectivity index (χ4v) is 11.5. The zero-order chi connectivity index (χ0) is 40.9. The molecule has 0 saturated carbocycles. The molecule has 15 aromatic rings. The van der Waals surface area contributed by atoms with Gasteiger partial charge in [-0.2, -0.15) is 0 Å². The quantitative estimate of drug-likeness (QED) is 0.158. The topological polar surface area (TPSA) is 14.3 Å². The predicted molar refractivity (Wildman–Crippen MR) is 268 cm³/mol. The van der Waals surface area contributed by atoms with Gasteiger partial charge in [-0.05, 0) is 116 Å². The molecular weight excluding hydrogens is 763 g/mol. The Hall–Kier alpha value is -8.40. The molecule has 4 aromatic heterocycles. The summed E-state index contributed by atoms with van der Waals surface area (Å²) >= 11 is 0. The van der Waals surface area contributed by atoms with Gasteiger partial charge in [0, 0.05) is 54.5 Å². The first-order valence-corrected chi connectivity index (χ1v) is 21.8. The molecule has 0 spiro atoms. The van der Waals surface area contributed by atoms with Crippen LogP contribution in [0.4, 0.5) is 0 Å². The van der Waals surface area contributed by atoms with Crippen LogP contribution in [0.3, 0.4) is 0 Å².